The summed E-state index contributed by atoms with van der Waals surface area (Å²) in [5, 5.41) is 0. The quantitative estimate of drug-likeness (QED) is 0.753. The van der Waals surface area contributed by atoms with Crippen molar-refractivity contribution in [1.82, 2.24) is 0 Å². The van der Waals surface area contributed by atoms with Crippen LogP contribution in [0.5, 0.6) is 11.5 Å². The van der Waals surface area contributed by atoms with Gasteiger partial charge in [0, 0.05) is 28.3 Å². The molecule has 2 aromatic carbocycles. The molecule has 1 unspecified atom stereocenters. The number of rotatable bonds is 2. The highest BCUT2D eigenvalue weighted by Crippen LogP contribution is 2.49. The zero-order valence-corrected chi connectivity index (χ0v) is 15.4. The Morgan fingerprint density at radius 3 is 2.64 bits per heavy atom. The van der Waals surface area contributed by atoms with Crippen LogP contribution in [0.15, 0.2) is 53.0 Å². The maximum Gasteiger partial charge on any atom is 0.315 e. The molecule has 2 heterocycles. The van der Waals surface area contributed by atoms with Crippen molar-refractivity contribution in [3.63, 3.8) is 0 Å². The Hall–Kier alpha value is -3.41. The molecule has 140 valence electrons. The van der Waals surface area contributed by atoms with E-state index >= 15 is 0 Å². The van der Waals surface area contributed by atoms with Gasteiger partial charge in [-0.25, -0.2) is 0 Å². The van der Waals surface area contributed by atoms with Crippen LogP contribution in [0, 0.1) is 5.92 Å². The number of benzene rings is 2. The van der Waals surface area contributed by atoms with Gasteiger partial charge in [0.25, 0.3) is 0 Å². The number of Topliss-reactive ketones (excluding diaryl/α,β-unsaturated/α-hetero) is 1. The summed E-state index contributed by atoms with van der Waals surface area (Å²) in [6.45, 7) is 1.96. The molecule has 0 saturated heterocycles. The second-order valence-corrected chi connectivity index (χ2v) is 6.98. The zero-order chi connectivity index (χ0) is 19.4. The fourth-order valence-electron chi connectivity index (χ4n) is 4.25. The van der Waals surface area contributed by atoms with Crippen molar-refractivity contribution in [2.24, 2.45) is 10.9 Å². The van der Waals surface area contributed by atoms with Crippen LogP contribution in [0.2, 0.25) is 0 Å². The van der Waals surface area contributed by atoms with Gasteiger partial charge in [0.15, 0.2) is 17.3 Å². The van der Waals surface area contributed by atoms with E-state index in [1.807, 2.05) is 30.3 Å². The summed E-state index contributed by atoms with van der Waals surface area (Å²) >= 11 is 0. The van der Waals surface area contributed by atoms with E-state index in [-0.39, 0.29) is 12.6 Å². The molecule has 0 saturated carbocycles. The number of carbonyl (C=O) groups is 2. The smallest absolute Gasteiger partial charge is 0.315 e. The summed E-state index contributed by atoms with van der Waals surface area (Å²) in [7, 11) is 1.35. The van der Waals surface area contributed by atoms with Crippen molar-refractivity contribution in [2.75, 3.05) is 13.9 Å². The first-order valence-electron chi connectivity index (χ1n) is 9.01. The largest absolute Gasteiger partial charge is 0.468 e. The average molecular weight is 375 g/mol. The maximum absolute atomic E-state index is 13.3. The third kappa shape index (κ3) is 2.24. The van der Waals surface area contributed by atoms with Gasteiger partial charge in [-0.05, 0) is 24.6 Å². The summed E-state index contributed by atoms with van der Waals surface area (Å²) in [5.74, 6) is -0.449. The van der Waals surface area contributed by atoms with E-state index in [1.165, 1.54) is 7.11 Å². The van der Waals surface area contributed by atoms with E-state index in [1.54, 1.807) is 19.1 Å². The predicted octanol–water partition coefficient (Wildman–Crippen LogP) is 3.37. The Bertz CT molecular complexity index is 1100. The number of nitrogens with zero attached hydrogens (tertiary/aromatic N) is 1. The molecule has 2 atom stereocenters. The lowest BCUT2D eigenvalue weighted by Gasteiger charge is -2.30. The van der Waals surface area contributed by atoms with Gasteiger partial charge in [0.05, 0.1) is 12.8 Å². The molecule has 0 fully saturated rings. The molecule has 5 rings (SSSR count). The molecule has 28 heavy (non-hydrogen) atoms. The molecule has 1 aliphatic carbocycles. The molecule has 2 aliphatic heterocycles. The van der Waals surface area contributed by atoms with Gasteiger partial charge in [-0.15, -0.1) is 0 Å². The van der Waals surface area contributed by atoms with E-state index in [4.69, 9.17) is 14.2 Å². The van der Waals surface area contributed by atoms with Gasteiger partial charge in [-0.3, -0.25) is 14.6 Å². The van der Waals surface area contributed by atoms with Crippen LogP contribution in [-0.2, 0) is 9.53 Å². The first-order chi connectivity index (χ1) is 13.6. The van der Waals surface area contributed by atoms with Crippen LogP contribution < -0.4 is 9.47 Å². The fraction of sp³-hybridized carbons (Fsp3) is 0.227. The van der Waals surface area contributed by atoms with E-state index in [0.717, 1.165) is 11.1 Å². The summed E-state index contributed by atoms with van der Waals surface area (Å²) in [5.41, 5.74) is 4.00. The molecule has 6 heteroatoms. The second kappa shape index (κ2) is 6.05. The monoisotopic (exact) mass is 375 g/mol. The Kier molecular flexibility index (Phi) is 3.62. The number of hydrogen-bond acceptors (Lipinski definition) is 6. The van der Waals surface area contributed by atoms with Gasteiger partial charge in [-0.2, -0.15) is 0 Å². The normalized spacial score (nSPS) is 21.9. The van der Waals surface area contributed by atoms with E-state index in [2.05, 4.69) is 4.99 Å². The molecule has 0 aromatic heterocycles. The van der Waals surface area contributed by atoms with Crippen molar-refractivity contribution in [1.29, 1.82) is 0 Å². The van der Waals surface area contributed by atoms with E-state index < -0.39 is 17.8 Å². The van der Waals surface area contributed by atoms with Crippen molar-refractivity contribution < 1.29 is 23.8 Å². The number of allylic oxidation sites excluding steroid dienone is 1. The maximum atomic E-state index is 13.3. The van der Waals surface area contributed by atoms with Crippen LogP contribution in [-0.4, -0.2) is 31.4 Å². The van der Waals surface area contributed by atoms with Crippen LogP contribution >= 0.6 is 0 Å². The van der Waals surface area contributed by atoms with Crippen molar-refractivity contribution in [3.8, 4) is 11.5 Å². The number of ketones is 1. The summed E-state index contributed by atoms with van der Waals surface area (Å²) in [6.07, 6.45) is 0. The van der Waals surface area contributed by atoms with Crippen LogP contribution in [0.25, 0.3) is 5.70 Å². The number of carbonyl (C=O) groups excluding carboxylic acids is 2. The number of fused-ring (bicyclic) bond motifs is 3. The molecular formula is C22H17NO5. The van der Waals surface area contributed by atoms with Gasteiger partial charge < -0.3 is 14.2 Å². The van der Waals surface area contributed by atoms with Crippen LogP contribution in [0.4, 0.5) is 0 Å². The predicted molar refractivity (Wildman–Crippen MR) is 102 cm³/mol. The minimum absolute atomic E-state index is 0.0987. The molecule has 2 aromatic rings. The van der Waals surface area contributed by atoms with Gasteiger partial charge in [0.1, 0.15) is 5.92 Å². The number of ether oxygens (including phenoxy) is 3. The highest BCUT2D eigenvalue weighted by atomic mass is 16.7. The first kappa shape index (κ1) is 16.7. The highest BCUT2D eigenvalue weighted by Gasteiger charge is 2.46. The summed E-state index contributed by atoms with van der Waals surface area (Å²) in [6, 6.07) is 12.9. The van der Waals surface area contributed by atoms with Gasteiger partial charge in [0.2, 0.25) is 6.79 Å². The Morgan fingerprint density at radius 1 is 1.11 bits per heavy atom. The molecule has 3 aliphatic rings. The van der Waals surface area contributed by atoms with Crippen molar-refractivity contribution in [2.45, 2.75) is 12.8 Å². The third-order valence-electron chi connectivity index (χ3n) is 5.52. The molecular weight excluding hydrogens is 358 g/mol. The van der Waals surface area contributed by atoms with Crippen molar-refractivity contribution >= 4 is 23.2 Å². The SMILES string of the molecule is COC(=O)C1C(C)=NC2=C(C(=O)c3ccccc32)[C@H]1c1ccc2c(c1)OCO2. The summed E-state index contributed by atoms with van der Waals surface area (Å²) < 4.78 is 16.0. The topological polar surface area (TPSA) is 74.2 Å². The molecule has 0 spiro atoms. The van der Waals surface area contributed by atoms with E-state index in [9.17, 15) is 9.59 Å². The molecule has 0 N–H and O–H groups in total. The zero-order valence-electron chi connectivity index (χ0n) is 15.4. The lowest BCUT2D eigenvalue weighted by molar-refractivity contribution is -0.143. The van der Waals surface area contributed by atoms with Crippen LogP contribution in [0.1, 0.15) is 34.3 Å². The van der Waals surface area contributed by atoms with E-state index in [0.29, 0.717) is 34.0 Å². The number of hydrogen-bond donors (Lipinski definition) is 0. The second-order valence-electron chi connectivity index (χ2n) is 6.98. The van der Waals surface area contributed by atoms with Crippen LogP contribution in [0.3, 0.4) is 0 Å². The average Bonchev–Trinajstić information content (AvgIpc) is 3.29. The van der Waals surface area contributed by atoms with Crippen molar-refractivity contribution in [3.05, 3.63) is 64.7 Å². The third-order valence-corrected chi connectivity index (χ3v) is 5.52. The van der Waals surface area contributed by atoms with Gasteiger partial charge >= 0.3 is 5.97 Å². The highest BCUT2D eigenvalue weighted by molar-refractivity contribution is 6.24. The Morgan fingerprint density at radius 2 is 1.86 bits per heavy atom. The number of aliphatic imine (C=N–C) groups is 1. The lowest BCUT2D eigenvalue weighted by atomic mass is 9.75. The standard InChI is InChI=1S/C22H17NO5/c1-11-17(22(25)26-2)18(12-7-8-15-16(9-12)28-10-27-15)19-20(23-11)13-5-3-4-6-14(13)21(19)24/h3-9,17-18H,10H2,1-2H3/t17?,18-/m0/s1. The fourth-order valence-corrected chi connectivity index (χ4v) is 4.25. The Labute approximate surface area is 161 Å². The Balaban J connectivity index is 1.73. The summed E-state index contributed by atoms with van der Waals surface area (Å²) in [4.78, 5) is 30.6. The lowest BCUT2D eigenvalue weighted by Crippen LogP contribution is -2.34. The molecule has 0 radical (unpaired) electrons. The molecule has 0 bridgehead atoms. The molecule has 6 nitrogen and oxygen atoms in total. The minimum atomic E-state index is -0.678. The van der Waals surface area contributed by atoms with Gasteiger partial charge in [-0.1, -0.05) is 30.3 Å². The first-order valence-corrected chi connectivity index (χ1v) is 9.01. The molecule has 0 amide bonds. The number of methoxy groups -OCH3 is 1. The minimum Gasteiger partial charge on any atom is -0.468 e. The number of esters is 1.